The number of nitriles is 1. The summed E-state index contributed by atoms with van der Waals surface area (Å²) < 4.78 is 28.7. The molecule has 1 aromatic rings. The van der Waals surface area contributed by atoms with Crippen molar-refractivity contribution in [2.45, 2.75) is 18.6 Å². The number of likely N-dealkylation sites (N-methyl/N-ethyl adjacent to an activating group) is 1. The van der Waals surface area contributed by atoms with E-state index in [4.69, 9.17) is 16.1 Å². The van der Waals surface area contributed by atoms with Crippen molar-refractivity contribution in [3.8, 4) is 6.07 Å². The summed E-state index contributed by atoms with van der Waals surface area (Å²) >= 11 is 0. The predicted octanol–water partition coefficient (Wildman–Crippen LogP) is 0.590. The fourth-order valence-electron chi connectivity index (χ4n) is 2.97. The van der Waals surface area contributed by atoms with Crippen LogP contribution in [0.3, 0.4) is 0 Å². The molecule has 0 bridgehead atoms. The summed E-state index contributed by atoms with van der Waals surface area (Å²) in [4.78, 5) is 36.0. The molecule has 1 aromatic carbocycles. The topological polar surface area (TPSA) is 124 Å². The average molecular weight is 349 g/mol. The van der Waals surface area contributed by atoms with E-state index in [2.05, 4.69) is 0 Å². The van der Waals surface area contributed by atoms with Crippen LogP contribution in [0.25, 0.3) is 5.57 Å². The number of ketones is 1. The van der Waals surface area contributed by atoms with Gasteiger partial charge in [0.15, 0.2) is 6.17 Å². The second-order valence-electron chi connectivity index (χ2n) is 5.49. The molecule has 7 nitrogen and oxygen atoms in total. The van der Waals surface area contributed by atoms with Crippen LogP contribution in [0, 0.1) is 17.1 Å². The fraction of sp³-hybridized carbons (Fsp3) is 0.250. The Hall–Kier alpha value is -3.28. The van der Waals surface area contributed by atoms with E-state index in [9.17, 15) is 18.8 Å². The van der Waals surface area contributed by atoms with Crippen molar-refractivity contribution >= 4 is 23.2 Å². The molecule has 3 N–H and O–H groups in total. The summed E-state index contributed by atoms with van der Waals surface area (Å²) in [5.74, 6) is -6.02. The molecule has 1 amide bonds. The van der Waals surface area contributed by atoms with E-state index in [1.165, 1.54) is 6.92 Å². The van der Waals surface area contributed by atoms with Crippen LogP contribution in [-0.4, -0.2) is 46.4 Å². The number of alkyl halides is 1. The maximum Gasteiger partial charge on any atom is 0.375 e. The molecule has 1 aliphatic rings. The molecule has 0 spiro atoms. The van der Waals surface area contributed by atoms with Crippen molar-refractivity contribution in [3.63, 3.8) is 0 Å². The molecule has 1 aliphatic heterocycles. The smallest absolute Gasteiger partial charge is 0.375 e. The van der Waals surface area contributed by atoms with Gasteiger partial charge >= 0.3 is 5.97 Å². The molecular weight excluding hydrogens is 336 g/mol. The zero-order chi connectivity index (χ0) is 19.1. The third-order valence-corrected chi connectivity index (χ3v) is 4.36. The minimum Gasteiger partial charge on any atom is -0.475 e. The number of halogens is 2. The first-order valence-corrected chi connectivity index (χ1v) is 6.97. The lowest BCUT2D eigenvalue weighted by atomic mass is 9.84. The SMILES string of the molecule is CC1=C(c2ccc(F)c(C#N)c2)C(F)C(C(N)=O)(C(=O)C(=O)O)N1C. The number of hydrogen-bond acceptors (Lipinski definition) is 5. The number of carboxylic acids is 1. The second kappa shape index (κ2) is 5.98. The minimum atomic E-state index is -2.76. The molecule has 0 aliphatic carbocycles. The third kappa shape index (κ3) is 2.34. The van der Waals surface area contributed by atoms with E-state index >= 15 is 4.39 Å². The number of carboxylic acid groups (broad SMARTS) is 1. The maximum atomic E-state index is 15.2. The second-order valence-corrected chi connectivity index (χ2v) is 5.49. The van der Waals surface area contributed by atoms with Gasteiger partial charge in [-0.05, 0) is 24.6 Å². The van der Waals surface area contributed by atoms with Gasteiger partial charge in [-0.25, -0.2) is 13.6 Å². The van der Waals surface area contributed by atoms with Gasteiger partial charge in [-0.1, -0.05) is 6.07 Å². The number of nitrogens with zero attached hydrogens (tertiary/aromatic N) is 2. The van der Waals surface area contributed by atoms with Crippen LogP contribution in [0.4, 0.5) is 8.78 Å². The molecule has 2 rings (SSSR count). The van der Waals surface area contributed by atoms with E-state index in [0.29, 0.717) is 0 Å². The summed E-state index contributed by atoms with van der Waals surface area (Å²) in [6.45, 7) is 1.36. The molecule has 9 heteroatoms. The monoisotopic (exact) mass is 349 g/mol. The van der Waals surface area contributed by atoms with E-state index in [0.717, 1.165) is 30.1 Å². The van der Waals surface area contributed by atoms with E-state index in [1.807, 2.05) is 0 Å². The number of benzene rings is 1. The number of rotatable bonds is 4. The van der Waals surface area contributed by atoms with Gasteiger partial charge in [-0.15, -0.1) is 0 Å². The largest absolute Gasteiger partial charge is 0.475 e. The van der Waals surface area contributed by atoms with Crippen molar-refractivity contribution in [1.82, 2.24) is 4.90 Å². The lowest BCUT2D eigenvalue weighted by Crippen LogP contribution is -2.65. The maximum absolute atomic E-state index is 15.2. The zero-order valence-electron chi connectivity index (χ0n) is 13.2. The summed E-state index contributed by atoms with van der Waals surface area (Å²) in [5, 5.41) is 17.9. The Balaban J connectivity index is 2.71. The molecule has 2 unspecified atom stereocenters. The number of carbonyl (C=O) groups is 3. The van der Waals surface area contributed by atoms with Crippen LogP contribution in [0.15, 0.2) is 23.9 Å². The summed E-state index contributed by atoms with van der Waals surface area (Å²) in [7, 11) is 1.16. The molecular formula is C16H13F2N3O4. The zero-order valence-corrected chi connectivity index (χ0v) is 13.2. The van der Waals surface area contributed by atoms with Gasteiger partial charge in [-0.3, -0.25) is 9.59 Å². The Kier molecular flexibility index (Phi) is 4.32. The number of aliphatic carboxylic acids is 1. The van der Waals surface area contributed by atoms with Crippen LogP contribution in [0.5, 0.6) is 0 Å². The first-order valence-electron chi connectivity index (χ1n) is 6.97. The first-order chi connectivity index (χ1) is 11.6. The lowest BCUT2D eigenvalue weighted by molar-refractivity contribution is -0.158. The number of amides is 1. The number of Topliss-reactive ketones (excluding diaryl/α,β-unsaturated/α-hetero) is 1. The normalized spacial score (nSPS) is 22.7. The molecule has 0 saturated carbocycles. The third-order valence-electron chi connectivity index (χ3n) is 4.36. The molecule has 1 heterocycles. The molecule has 2 atom stereocenters. The van der Waals surface area contributed by atoms with Gasteiger partial charge in [0.25, 0.3) is 11.7 Å². The van der Waals surface area contributed by atoms with Gasteiger partial charge in [0.05, 0.1) is 5.56 Å². The molecule has 25 heavy (non-hydrogen) atoms. The van der Waals surface area contributed by atoms with Crippen molar-refractivity contribution in [3.05, 3.63) is 40.8 Å². The van der Waals surface area contributed by atoms with Gasteiger partial charge in [0.2, 0.25) is 5.54 Å². The lowest BCUT2D eigenvalue weighted by Gasteiger charge is -2.34. The molecule has 130 valence electrons. The van der Waals surface area contributed by atoms with Crippen molar-refractivity contribution < 1.29 is 28.3 Å². The fourth-order valence-corrected chi connectivity index (χ4v) is 2.97. The van der Waals surface area contributed by atoms with Crippen LogP contribution in [-0.2, 0) is 14.4 Å². The number of carbonyl (C=O) groups excluding carboxylic acids is 2. The van der Waals surface area contributed by atoms with Gasteiger partial charge in [-0.2, -0.15) is 5.26 Å². The summed E-state index contributed by atoms with van der Waals surface area (Å²) in [6, 6.07) is 4.75. The molecule has 0 radical (unpaired) electrons. The Morgan fingerprint density at radius 1 is 1.40 bits per heavy atom. The summed E-state index contributed by atoms with van der Waals surface area (Å²) in [5.41, 5.74) is 1.96. The Morgan fingerprint density at radius 2 is 2.00 bits per heavy atom. The first kappa shape index (κ1) is 18.1. The standard InChI is InChI=1S/C16H13F2N3O4/c1-7-11(8-3-4-10(17)9(5-8)6-19)12(18)16(15(20)25,21(7)2)13(22)14(23)24/h3-5,12H,1-2H3,(H2,20,25)(H,23,24). The molecule has 0 fully saturated rings. The van der Waals surface area contributed by atoms with Gasteiger partial charge in [0.1, 0.15) is 11.9 Å². The van der Waals surface area contributed by atoms with Crippen molar-refractivity contribution in [2.24, 2.45) is 5.73 Å². The Labute approximate surface area is 140 Å². The minimum absolute atomic E-state index is 0.0381. The van der Waals surface area contributed by atoms with E-state index < -0.39 is 35.2 Å². The van der Waals surface area contributed by atoms with Crippen LogP contribution in [0.2, 0.25) is 0 Å². The predicted molar refractivity (Wildman–Crippen MR) is 80.9 cm³/mol. The molecule has 0 aromatic heterocycles. The number of allylic oxidation sites excluding steroid dienone is 1. The van der Waals surface area contributed by atoms with Gasteiger partial charge in [0, 0.05) is 18.3 Å². The molecule has 0 saturated heterocycles. The Bertz CT molecular complexity index is 875. The highest BCUT2D eigenvalue weighted by Gasteiger charge is 2.63. The van der Waals surface area contributed by atoms with Gasteiger partial charge < -0.3 is 15.7 Å². The van der Waals surface area contributed by atoms with Crippen LogP contribution in [0.1, 0.15) is 18.1 Å². The number of nitrogens with two attached hydrogens (primary N) is 1. The highest BCUT2D eigenvalue weighted by atomic mass is 19.1. The number of primary amides is 1. The highest BCUT2D eigenvalue weighted by molar-refractivity contribution is 6.42. The van der Waals surface area contributed by atoms with E-state index in [-0.39, 0.29) is 22.4 Å². The van der Waals surface area contributed by atoms with Crippen molar-refractivity contribution in [2.75, 3.05) is 7.05 Å². The van der Waals surface area contributed by atoms with E-state index in [1.54, 1.807) is 6.07 Å². The Morgan fingerprint density at radius 3 is 2.48 bits per heavy atom. The van der Waals surface area contributed by atoms with Crippen molar-refractivity contribution in [1.29, 1.82) is 5.26 Å². The van der Waals surface area contributed by atoms with Crippen LogP contribution < -0.4 is 5.73 Å². The van der Waals surface area contributed by atoms with Crippen LogP contribution >= 0.6 is 0 Å². The average Bonchev–Trinajstić information content (AvgIpc) is 2.75. The quantitative estimate of drug-likeness (QED) is 0.605. The highest BCUT2D eigenvalue weighted by Crippen LogP contribution is 2.44. The number of hydrogen-bond donors (Lipinski definition) is 2. The summed E-state index contributed by atoms with van der Waals surface area (Å²) in [6.07, 6.45) is -2.41.